The summed E-state index contributed by atoms with van der Waals surface area (Å²) >= 11 is 1.69. The first kappa shape index (κ1) is 10.9. The molecule has 0 unspecified atom stereocenters. The standard InChI is InChI=1S/C12H16N4S/c13-8-1-3-9(4-2-8)16-12-11-10(5-6-17-11)14-7-15-12/h5-9H,1-4,13H2,(H,14,15,16). The number of anilines is 1. The zero-order valence-corrected chi connectivity index (χ0v) is 10.4. The van der Waals surface area contributed by atoms with Crippen LogP contribution in [0.4, 0.5) is 5.82 Å². The monoisotopic (exact) mass is 248 g/mol. The summed E-state index contributed by atoms with van der Waals surface area (Å²) in [4.78, 5) is 8.60. The molecule has 1 aliphatic carbocycles. The molecule has 0 saturated heterocycles. The van der Waals surface area contributed by atoms with Crippen molar-refractivity contribution < 1.29 is 0 Å². The van der Waals surface area contributed by atoms with E-state index in [9.17, 15) is 0 Å². The number of nitrogens with one attached hydrogen (secondary N) is 1. The summed E-state index contributed by atoms with van der Waals surface area (Å²) in [5, 5.41) is 5.59. The van der Waals surface area contributed by atoms with Gasteiger partial charge in [0.25, 0.3) is 0 Å². The molecule has 0 atom stereocenters. The van der Waals surface area contributed by atoms with E-state index >= 15 is 0 Å². The third-order valence-electron chi connectivity index (χ3n) is 3.36. The largest absolute Gasteiger partial charge is 0.366 e. The van der Waals surface area contributed by atoms with E-state index in [0.29, 0.717) is 12.1 Å². The number of hydrogen-bond donors (Lipinski definition) is 2. The van der Waals surface area contributed by atoms with Crippen LogP contribution in [0.25, 0.3) is 10.2 Å². The quantitative estimate of drug-likeness (QED) is 0.856. The van der Waals surface area contributed by atoms with Gasteiger partial charge in [-0.25, -0.2) is 9.97 Å². The summed E-state index contributed by atoms with van der Waals surface area (Å²) in [6.07, 6.45) is 6.12. The highest BCUT2D eigenvalue weighted by atomic mass is 32.1. The molecule has 0 aliphatic heterocycles. The van der Waals surface area contributed by atoms with Crippen molar-refractivity contribution in [2.45, 2.75) is 37.8 Å². The second kappa shape index (κ2) is 4.58. The van der Waals surface area contributed by atoms with E-state index in [1.54, 1.807) is 17.7 Å². The molecule has 2 aromatic heterocycles. The summed E-state index contributed by atoms with van der Waals surface area (Å²) in [5.41, 5.74) is 6.94. The van der Waals surface area contributed by atoms with E-state index in [0.717, 1.165) is 41.7 Å². The number of nitrogens with zero attached hydrogens (tertiary/aromatic N) is 2. The first-order valence-corrected chi connectivity index (χ1v) is 6.91. The lowest BCUT2D eigenvalue weighted by Crippen LogP contribution is -2.33. The van der Waals surface area contributed by atoms with Gasteiger partial charge < -0.3 is 11.1 Å². The lowest BCUT2D eigenvalue weighted by atomic mass is 9.92. The molecule has 3 rings (SSSR count). The highest BCUT2D eigenvalue weighted by molar-refractivity contribution is 7.17. The number of fused-ring (bicyclic) bond motifs is 1. The predicted molar refractivity (Wildman–Crippen MR) is 71.3 cm³/mol. The van der Waals surface area contributed by atoms with Gasteiger partial charge in [-0.1, -0.05) is 0 Å². The van der Waals surface area contributed by atoms with Crippen LogP contribution in [-0.4, -0.2) is 22.1 Å². The zero-order chi connectivity index (χ0) is 11.7. The van der Waals surface area contributed by atoms with Gasteiger partial charge in [0, 0.05) is 12.1 Å². The van der Waals surface area contributed by atoms with Gasteiger partial charge in [0.1, 0.15) is 12.1 Å². The van der Waals surface area contributed by atoms with E-state index in [1.165, 1.54) is 0 Å². The van der Waals surface area contributed by atoms with Crippen LogP contribution in [0.1, 0.15) is 25.7 Å². The first-order chi connectivity index (χ1) is 8.33. The Morgan fingerprint density at radius 3 is 2.88 bits per heavy atom. The van der Waals surface area contributed by atoms with Gasteiger partial charge in [0.05, 0.1) is 10.2 Å². The summed E-state index contributed by atoms with van der Waals surface area (Å²) in [6, 6.07) is 2.93. The number of rotatable bonds is 2. The minimum atomic E-state index is 0.389. The number of aromatic nitrogens is 2. The fraction of sp³-hybridized carbons (Fsp3) is 0.500. The van der Waals surface area contributed by atoms with Crippen molar-refractivity contribution >= 4 is 27.4 Å². The average molecular weight is 248 g/mol. The van der Waals surface area contributed by atoms with E-state index in [2.05, 4.69) is 20.7 Å². The van der Waals surface area contributed by atoms with Crippen molar-refractivity contribution in [3.05, 3.63) is 17.8 Å². The minimum Gasteiger partial charge on any atom is -0.366 e. The highest BCUT2D eigenvalue weighted by Crippen LogP contribution is 2.27. The van der Waals surface area contributed by atoms with Crippen LogP contribution in [0, 0.1) is 0 Å². The molecule has 0 bridgehead atoms. The fourth-order valence-corrected chi connectivity index (χ4v) is 3.15. The van der Waals surface area contributed by atoms with Crippen molar-refractivity contribution in [1.29, 1.82) is 0 Å². The molecule has 2 aromatic rings. The number of nitrogens with two attached hydrogens (primary N) is 1. The van der Waals surface area contributed by atoms with E-state index < -0.39 is 0 Å². The van der Waals surface area contributed by atoms with Crippen LogP contribution in [0.2, 0.25) is 0 Å². The molecule has 17 heavy (non-hydrogen) atoms. The maximum atomic E-state index is 5.91. The molecule has 0 aromatic carbocycles. The molecule has 1 aliphatic rings. The maximum Gasteiger partial charge on any atom is 0.147 e. The first-order valence-electron chi connectivity index (χ1n) is 6.03. The molecule has 0 spiro atoms. The summed E-state index contributed by atoms with van der Waals surface area (Å²) < 4.78 is 1.15. The molecule has 1 saturated carbocycles. The SMILES string of the molecule is NC1CCC(Nc2ncnc3ccsc23)CC1. The lowest BCUT2D eigenvalue weighted by molar-refractivity contribution is 0.410. The van der Waals surface area contributed by atoms with Gasteiger partial charge in [-0.15, -0.1) is 11.3 Å². The molecule has 3 N–H and O–H groups in total. The molecule has 90 valence electrons. The normalized spacial score (nSPS) is 25.0. The third-order valence-corrected chi connectivity index (χ3v) is 4.27. The zero-order valence-electron chi connectivity index (χ0n) is 9.60. The Balaban J connectivity index is 1.78. The van der Waals surface area contributed by atoms with Gasteiger partial charge in [-0.3, -0.25) is 0 Å². The van der Waals surface area contributed by atoms with E-state index in [1.807, 2.05) is 6.07 Å². The molecule has 0 amide bonds. The second-order valence-corrected chi connectivity index (χ2v) is 5.53. The van der Waals surface area contributed by atoms with Crippen molar-refractivity contribution in [3.8, 4) is 0 Å². The number of thiophene rings is 1. The molecule has 5 heteroatoms. The van der Waals surface area contributed by atoms with Crippen molar-refractivity contribution in [3.63, 3.8) is 0 Å². The van der Waals surface area contributed by atoms with Crippen LogP contribution in [0.5, 0.6) is 0 Å². The Morgan fingerprint density at radius 2 is 2.06 bits per heavy atom. The summed E-state index contributed by atoms with van der Waals surface area (Å²) in [6.45, 7) is 0. The van der Waals surface area contributed by atoms with Gasteiger partial charge in [-0.2, -0.15) is 0 Å². The van der Waals surface area contributed by atoms with Gasteiger partial charge >= 0.3 is 0 Å². The van der Waals surface area contributed by atoms with Crippen molar-refractivity contribution in [1.82, 2.24) is 9.97 Å². The number of hydrogen-bond acceptors (Lipinski definition) is 5. The van der Waals surface area contributed by atoms with Crippen LogP contribution < -0.4 is 11.1 Å². The minimum absolute atomic E-state index is 0.389. The molecule has 4 nitrogen and oxygen atoms in total. The topological polar surface area (TPSA) is 63.8 Å². The molecular weight excluding hydrogens is 232 g/mol. The van der Waals surface area contributed by atoms with E-state index in [-0.39, 0.29) is 0 Å². The molecule has 2 heterocycles. The molecule has 1 fully saturated rings. The highest BCUT2D eigenvalue weighted by Gasteiger charge is 2.19. The Labute approximate surface area is 104 Å². The fourth-order valence-electron chi connectivity index (χ4n) is 2.35. The van der Waals surface area contributed by atoms with Gasteiger partial charge in [0.15, 0.2) is 0 Å². The predicted octanol–water partition coefficient (Wildman–Crippen LogP) is 2.37. The van der Waals surface area contributed by atoms with Gasteiger partial charge in [-0.05, 0) is 37.1 Å². The molecule has 0 radical (unpaired) electrons. The summed E-state index contributed by atoms with van der Waals surface area (Å²) in [5.74, 6) is 0.977. The van der Waals surface area contributed by atoms with Crippen molar-refractivity contribution in [2.24, 2.45) is 5.73 Å². The van der Waals surface area contributed by atoms with E-state index in [4.69, 9.17) is 5.73 Å². The smallest absolute Gasteiger partial charge is 0.147 e. The van der Waals surface area contributed by atoms with Crippen molar-refractivity contribution in [2.75, 3.05) is 5.32 Å². The Bertz CT molecular complexity index is 502. The summed E-state index contributed by atoms with van der Waals surface area (Å²) in [7, 11) is 0. The van der Waals surface area contributed by atoms with Crippen LogP contribution in [0.15, 0.2) is 17.8 Å². The van der Waals surface area contributed by atoms with Crippen LogP contribution in [0.3, 0.4) is 0 Å². The lowest BCUT2D eigenvalue weighted by Gasteiger charge is -2.27. The maximum absolute atomic E-state index is 5.91. The average Bonchev–Trinajstić information content (AvgIpc) is 2.81. The van der Waals surface area contributed by atoms with Gasteiger partial charge in [0.2, 0.25) is 0 Å². The Hall–Kier alpha value is -1.20. The second-order valence-electron chi connectivity index (χ2n) is 4.61. The molecular formula is C12H16N4S. The van der Waals surface area contributed by atoms with Crippen LogP contribution in [-0.2, 0) is 0 Å². The Kier molecular flexibility index (Phi) is 2.94. The Morgan fingerprint density at radius 1 is 1.24 bits per heavy atom. The van der Waals surface area contributed by atoms with Crippen LogP contribution >= 0.6 is 11.3 Å². The third kappa shape index (κ3) is 2.25.